The van der Waals surface area contributed by atoms with Crippen LogP contribution in [-0.4, -0.2) is 38.3 Å². The monoisotopic (exact) mass is 554 g/mol. The molecule has 3 saturated carbocycles. The highest BCUT2D eigenvalue weighted by molar-refractivity contribution is 7.91. The predicted molar refractivity (Wildman–Crippen MR) is 149 cm³/mol. The third-order valence-corrected chi connectivity index (χ3v) is 12.5. The van der Waals surface area contributed by atoms with Gasteiger partial charge in [0.1, 0.15) is 12.2 Å². The van der Waals surface area contributed by atoms with E-state index >= 15 is 0 Å². The number of ether oxygens (including phenoxy) is 2. The fraction of sp³-hybridized carbons (Fsp3) is 0.625. The standard InChI is InChI=1S/C32H42O6S/c1-20(19-39(35,36)25-9-7-6-8-10-25)27-13-14-28-26-12-11-23-17-24(37-21(2)33)18-30(38-22(3)34)32(23,5)29(26)15-16-31(27,28)4/h6-12,20,24,27-30H,13-19H2,1-5H3/t20?,24?,27-,28+,29+,30?,31-,32+/m1/s1. The minimum absolute atomic E-state index is 0.0293. The Bertz CT molecular complexity index is 1300. The highest BCUT2D eigenvalue weighted by atomic mass is 32.2. The van der Waals surface area contributed by atoms with E-state index in [0.717, 1.165) is 25.7 Å². The van der Waals surface area contributed by atoms with Gasteiger partial charge >= 0.3 is 11.9 Å². The SMILES string of the molecule is CC(=O)OC1CC2=CC=C3[C@@H]4CC[C@H](C(C)CS(=O)(=O)c5ccccc5)[C@@]4(C)CC[C@@H]3[C@@]2(C)C(OC(C)=O)C1. The second kappa shape index (κ2) is 10.2. The average Bonchev–Trinajstić information content (AvgIpc) is 3.22. The van der Waals surface area contributed by atoms with Crippen molar-refractivity contribution in [1.82, 2.24) is 0 Å². The van der Waals surface area contributed by atoms with Crippen LogP contribution in [0.1, 0.15) is 73.1 Å². The molecule has 0 radical (unpaired) electrons. The van der Waals surface area contributed by atoms with Gasteiger partial charge in [0.25, 0.3) is 0 Å². The summed E-state index contributed by atoms with van der Waals surface area (Å²) < 4.78 is 38.0. The van der Waals surface area contributed by atoms with E-state index < -0.39 is 9.84 Å². The summed E-state index contributed by atoms with van der Waals surface area (Å²) in [4.78, 5) is 24.3. The van der Waals surface area contributed by atoms with Crippen molar-refractivity contribution >= 4 is 21.8 Å². The molecular formula is C32H42O6S. The van der Waals surface area contributed by atoms with E-state index in [4.69, 9.17) is 9.47 Å². The smallest absolute Gasteiger partial charge is 0.302 e. The third-order valence-electron chi connectivity index (χ3n) is 10.6. The first-order chi connectivity index (χ1) is 18.4. The van der Waals surface area contributed by atoms with Crippen LogP contribution in [0.25, 0.3) is 0 Å². The molecule has 39 heavy (non-hydrogen) atoms. The lowest BCUT2D eigenvalue weighted by molar-refractivity contribution is -0.165. The van der Waals surface area contributed by atoms with Crippen LogP contribution < -0.4 is 0 Å². The number of carbonyl (C=O) groups is 2. The quantitative estimate of drug-likeness (QED) is 0.397. The summed E-state index contributed by atoms with van der Waals surface area (Å²) >= 11 is 0. The van der Waals surface area contributed by atoms with Crippen LogP contribution in [0, 0.1) is 34.5 Å². The lowest BCUT2D eigenvalue weighted by Gasteiger charge is -2.57. The van der Waals surface area contributed by atoms with Gasteiger partial charge in [0.15, 0.2) is 9.84 Å². The summed E-state index contributed by atoms with van der Waals surface area (Å²) in [7, 11) is -3.35. The summed E-state index contributed by atoms with van der Waals surface area (Å²) in [6, 6.07) is 8.80. The number of fused-ring (bicyclic) bond motifs is 5. The maximum absolute atomic E-state index is 13.2. The van der Waals surface area contributed by atoms with E-state index in [-0.39, 0.29) is 52.6 Å². The van der Waals surface area contributed by atoms with Crippen molar-refractivity contribution in [2.75, 3.05) is 5.75 Å². The fourth-order valence-electron chi connectivity index (χ4n) is 8.86. The van der Waals surface area contributed by atoms with Crippen molar-refractivity contribution in [2.24, 2.45) is 34.5 Å². The number of rotatable bonds is 6. The van der Waals surface area contributed by atoms with Gasteiger partial charge in [0.2, 0.25) is 0 Å². The van der Waals surface area contributed by atoms with E-state index in [1.54, 1.807) is 24.3 Å². The molecule has 0 heterocycles. The summed E-state index contributed by atoms with van der Waals surface area (Å²) in [5.41, 5.74) is 2.31. The number of hydrogen-bond donors (Lipinski definition) is 0. The Morgan fingerprint density at radius 1 is 0.974 bits per heavy atom. The van der Waals surface area contributed by atoms with Gasteiger partial charge in [-0.1, -0.05) is 62.3 Å². The Kier molecular flexibility index (Phi) is 7.36. The van der Waals surface area contributed by atoms with Gasteiger partial charge in [-0.05, 0) is 66.9 Å². The maximum Gasteiger partial charge on any atom is 0.302 e. The van der Waals surface area contributed by atoms with Crippen molar-refractivity contribution in [3.63, 3.8) is 0 Å². The first-order valence-corrected chi connectivity index (χ1v) is 16.0. The molecule has 5 rings (SSSR count). The van der Waals surface area contributed by atoms with E-state index in [0.29, 0.717) is 29.6 Å². The second-order valence-electron chi connectivity index (χ2n) is 12.8. The van der Waals surface area contributed by atoms with Crippen LogP contribution in [0.3, 0.4) is 0 Å². The second-order valence-corrected chi connectivity index (χ2v) is 14.9. The van der Waals surface area contributed by atoms with Gasteiger partial charge < -0.3 is 9.47 Å². The highest BCUT2D eigenvalue weighted by Crippen LogP contribution is 2.66. The van der Waals surface area contributed by atoms with Gasteiger partial charge in [-0.15, -0.1) is 0 Å². The van der Waals surface area contributed by atoms with Gasteiger partial charge in [-0.3, -0.25) is 9.59 Å². The zero-order valence-corrected chi connectivity index (χ0v) is 24.6. The molecule has 7 heteroatoms. The van der Waals surface area contributed by atoms with Crippen LogP contribution >= 0.6 is 0 Å². The number of esters is 2. The van der Waals surface area contributed by atoms with E-state index in [9.17, 15) is 18.0 Å². The Hall–Kier alpha value is -2.41. The molecule has 1 aromatic rings. The van der Waals surface area contributed by atoms with Crippen molar-refractivity contribution in [2.45, 2.75) is 90.2 Å². The minimum atomic E-state index is -3.35. The van der Waals surface area contributed by atoms with Gasteiger partial charge in [0.05, 0.1) is 10.6 Å². The Morgan fingerprint density at radius 2 is 1.67 bits per heavy atom. The summed E-state index contributed by atoms with van der Waals surface area (Å²) in [6.07, 6.45) is 9.06. The van der Waals surface area contributed by atoms with Crippen molar-refractivity contribution in [1.29, 1.82) is 0 Å². The number of hydrogen-bond acceptors (Lipinski definition) is 6. The topological polar surface area (TPSA) is 86.7 Å². The molecule has 0 aromatic heterocycles. The van der Waals surface area contributed by atoms with Crippen LogP contribution in [0.4, 0.5) is 0 Å². The number of sulfone groups is 1. The first-order valence-electron chi connectivity index (χ1n) is 14.4. The minimum Gasteiger partial charge on any atom is -0.462 e. The van der Waals surface area contributed by atoms with Crippen molar-refractivity contribution < 1.29 is 27.5 Å². The lowest BCUT2D eigenvalue weighted by atomic mass is 9.49. The largest absolute Gasteiger partial charge is 0.462 e. The third kappa shape index (κ3) is 4.89. The summed E-state index contributed by atoms with van der Waals surface area (Å²) in [5, 5.41) is 0. The van der Waals surface area contributed by atoms with Crippen LogP contribution in [0.5, 0.6) is 0 Å². The molecule has 0 spiro atoms. The first kappa shape index (κ1) is 28.1. The van der Waals surface area contributed by atoms with Crippen LogP contribution in [0.2, 0.25) is 0 Å². The van der Waals surface area contributed by atoms with E-state index in [1.165, 1.54) is 25.0 Å². The predicted octanol–water partition coefficient (Wildman–Crippen LogP) is 6.07. The molecule has 0 N–H and O–H groups in total. The molecule has 0 amide bonds. The average molecular weight is 555 g/mol. The molecule has 0 aliphatic heterocycles. The lowest BCUT2D eigenvalue weighted by Crippen LogP contribution is -2.54. The van der Waals surface area contributed by atoms with Crippen molar-refractivity contribution in [3.8, 4) is 0 Å². The highest BCUT2D eigenvalue weighted by Gasteiger charge is 2.60. The Morgan fingerprint density at radius 3 is 2.33 bits per heavy atom. The molecule has 4 aliphatic rings. The Balaban J connectivity index is 1.42. The summed E-state index contributed by atoms with van der Waals surface area (Å²) in [6.45, 7) is 9.60. The fourth-order valence-corrected chi connectivity index (χ4v) is 10.6. The van der Waals surface area contributed by atoms with Crippen molar-refractivity contribution in [3.05, 3.63) is 53.6 Å². The molecule has 3 fully saturated rings. The molecule has 0 bridgehead atoms. The van der Waals surface area contributed by atoms with Crippen LogP contribution in [0.15, 0.2) is 58.5 Å². The summed E-state index contributed by atoms with van der Waals surface area (Å²) in [5.74, 6) is 0.551. The molecule has 0 saturated heterocycles. The molecule has 3 unspecified atom stereocenters. The number of allylic oxidation sites excluding steroid dienone is 3. The molecule has 4 aliphatic carbocycles. The van der Waals surface area contributed by atoms with E-state index in [1.807, 2.05) is 6.07 Å². The molecule has 1 aromatic carbocycles. The number of carbonyl (C=O) groups excluding carboxylic acids is 2. The molecule has 8 atom stereocenters. The zero-order valence-electron chi connectivity index (χ0n) is 23.8. The number of benzene rings is 1. The molecule has 212 valence electrons. The van der Waals surface area contributed by atoms with Gasteiger partial charge in [-0.25, -0.2) is 8.42 Å². The van der Waals surface area contributed by atoms with Crippen LogP contribution in [-0.2, 0) is 28.9 Å². The zero-order chi connectivity index (χ0) is 28.2. The molecule has 6 nitrogen and oxygen atoms in total. The normalized spacial score (nSPS) is 36.4. The Labute approximate surface area is 233 Å². The molecular weight excluding hydrogens is 512 g/mol. The van der Waals surface area contributed by atoms with E-state index in [2.05, 4.69) is 32.9 Å². The van der Waals surface area contributed by atoms with Gasteiger partial charge in [-0.2, -0.15) is 0 Å². The van der Waals surface area contributed by atoms with Gasteiger partial charge in [0, 0.05) is 32.1 Å². The maximum atomic E-state index is 13.2.